The Bertz CT molecular complexity index is 995. The minimum absolute atomic E-state index is 0.117. The monoisotopic (exact) mass is 345 g/mol. The van der Waals surface area contributed by atoms with Gasteiger partial charge in [-0.2, -0.15) is 0 Å². The molecule has 0 atom stereocenters. The summed E-state index contributed by atoms with van der Waals surface area (Å²) in [5, 5.41) is 11.8. The Hall–Kier alpha value is -2.71. The zero-order valence-corrected chi connectivity index (χ0v) is 13.4. The second-order valence-electron chi connectivity index (χ2n) is 5.22. The zero-order valence-electron chi connectivity index (χ0n) is 12.6. The molecule has 0 radical (unpaired) electrons. The molecule has 124 valence electrons. The van der Waals surface area contributed by atoms with Gasteiger partial charge in [-0.3, -0.25) is 10.1 Å². The fourth-order valence-corrected chi connectivity index (χ4v) is 3.54. The van der Waals surface area contributed by atoms with Crippen molar-refractivity contribution in [3.63, 3.8) is 0 Å². The molecule has 7 nitrogen and oxygen atoms in total. The average molecular weight is 345 g/mol. The Labute approximate surface area is 138 Å². The molecule has 3 aromatic rings. The molecule has 24 heavy (non-hydrogen) atoms. The van der Waals surface area contributed by atoms with Gasteiger partial charge >= 0.3 is 0 Å². The zero-order chi connectivity index (χ0) is 17.2. The number of nitro benzene ring substituents is 1. The number of benzene rings is 2. The van der Waals surface area contributed by atoms with Crippen molar-refractivity contribution in [3.05, 3.63) is 70.9 Å². The van der Waals surface area contributed by atoms with Gasteiger partial charge in [0.15, 0.2) is 0 Å². The normalized spacial score (nSPS) is 11.7. The van der Waals surface area contributed by atoms with Crippen molar-refractivity contribution in [2.45, 2.75) is 11.4 Å². The summed E-state index contributed by atoms with van der Waals surface area (Å²) in [6.07, 6.45) is 1.90. The van der Waals surface area contributed by atoms with Gasteiger partial charge in [-0.15, -0.1) is 0 Å². The van der Waals surface area contributed by atoms with Crippen molar-refractivity contribution in [2.75, 3.05) is 6.54 Å². The highest BCUT2D eigenvalue weighted by atomic mass is 32.2. The van der Waals surface area contributed by atoms with Crippen molar-refractivity contribution in [1.29, 1.82) is 0 Å². The van der Waals surface area contributed by atoms with Crippen molar-refractivity contribution >= 4 is 26.6 Å². The summed E-state index contributed by atoms with van der Waals surface area (Å²) in [5.74, 6) is 0. The van der Waals surface area contributed by atoms with E-state index in [0.29, 0.717) is 6.54 Å². The van der Waals surface area contributed by atoms with Crippen LogP contribution >= 0.6 is 0 Å². The topological polar surface area (TPSA) is 94.2 Å². The first-order valence-electron chi connectivity index (χ1n) is 7.25. The molecule has 1 heterocycles. The average Bonchev–Trinajstić information content (AvgIpc) is 2.98. The Morgan fingerprint density at radius 2 is 1.88 bits per heavy atom. The van der Waals surface area contributed by atoms with Gasteiger partial charge in [0.05, 0.1) is 9.82 Å². The lowest BCUT2D eigenvalue weighted by Gasteiger charge is -2.08. The first-order valence-corrected chi connectivity index (χ1v) is 8.74. The molecular formula is C16H15N3O4S. The lowest BCUT2D eigenvalue weighted by molar-refractivity contribution is -0.385. The summed E-state index contributed by atoms with van der Waals surface area (Å²) in [7, 11) is -3.79. The van der Waals surface area contributed by atoms with E-state index in [1.807, 2.05) is 41.1 Å². The molecule has 0 bridgehead atoms. The van der Waals surface area contributed by atoms with Crippen LogP contribution in [0.15, 0.2) is 65.7 Å². The number of para-hydroxylation sites is 1. The maximum absolute atomic E-state index is 12.3. The van der Waals surface area contributed by atoms with Crippen LogP contribution in [0.4, 0.5) is 5.69 Å². The maximum Gasteiger partial charge on any atom is 0.270 e. The van der Waals surface area contributed by atoms with Gasteiger partial charge in [-0.1, -0.05) is 24.3 Å². The van der Waals surface area contributed by atoms with E-state index >= 15 is 0 Å². The SMILES string of the molecule is O=[N+]([O-])c1cccc(S(=O)(=O)NCCn2ccc3ccccc32)c1. The number of nitrogens with one attached hydrogen (secondary N) is 1. The molecule has 0 saturated carbocycles. The number of hydrogen-bond donors (Lipinski definition) is 1. The van der Waals surface area contributed by atoms with Gasteiger partial charge in [-0.25, -0.2) is 13.1 Å². The summed E-state index contributed by atoms with van der Waals surface area (Å²) >= 11 is 0. The van der Waals surface area contributed by atoms with Crippen LogP contribution < -0.4 is 4.72 Å². The Balaban J connectivity index is 1.71. The highest BCUT2D eigenvalue weighted by Gasteiger charge is 2.17. The van der Waals surface area contributed by atoms with Crippen LogP contribution in [0.5, 0.6) is 0 Å². The third-order valence-corrected chi connectivity index (χ3v) is 5.12. The van der Waals surface area contributed by atoms with Gasteiger partial charge in [0.25, 0.3) is 5.69 Å². The van der Waals surface area contributed by atoms with Crippen LogP contribution in [-0.4, -0.2) is 24.5 Å². The van der Waals surface area contributed by atoms with Crippen molar-refractivity contribution < 1.29 is 13.3 Å². The summed E-state index contributed by atoms with van der Waals surface area (Å²) in [6.45, 7) is 0.644. The van der Waals surface area contributed by atoms with Gasteiger partial charge < -0.3 is 4.57 Å². The number of aromatic nitrogens is 1. The quantitative estimate of drug-likeness (QED) is 0.549. The summed E-state index contributed by atoms with van der Waals surface area (Å²) in [6, 6.07) is 14.8. The smallest absolute Gasteiger partial charge is 0.270 e. The molecule has 1 N–H and O–H groups in total. The standard InChI is InChI=1S/C16H15N3O4S/c20-19(21)14-5-3-6-15(12-14)24(22,23)17-9-11-18-10-8-13-4-1-2-7-16(13)18/h1-8,10,12,17H,9,11H2. The Morgan fingerprint density at radius 3 is 2.67 bits per heavy atom. The minimum atomic E-state index is -3.79. The second-order valence-corrected chi connectivity index (χ2v) is 6.99. The molecule has 0 saturated heterocycles. The lowest BCUT2D eigenvalue weighted by Crippen LogP contribution is -2.27. The highest BCUT2D eigenvalue weighted by Crippen LogP contribution is 2.17. The van der Waals surface area contributed by atoms with Crippen LogP contribution in [0.2, 0.25) is 0 Å². The molecule has 0 spiro atoms. The van der Waals surface area contributed by atoms with Crippen molar-refractivity contribution in [1.82, 2.24) is 9.29 Å². The van der Waals surface area contributed by atoms with Crippen LogP contribution in [0.3, 0.4) is 0 Å². The van der Waals surface area contributed by atoms with Gasteiger partial charge in [0.1, 0.15) is 0 Å². The van der Waals surface area contributed by atoms with Gasteiger partial charge in [0.2, 0.25) is 10.0 Å². The van der Waals surface area contributed by atoms with Crippen molar-refractivity contribution in [3.8, 4) is 0 Å². The van der Waals surface area contributed by atoms with Crippen LogP contribution in [0.1, 0.15) is 0 Å². The van der Waals surface area contributed by atoms with E-state index in [0.717, 1.165) is 17.0 Å². The minimum Gasteiger partial charge on any atom is -0.346 e. The number of nitrogens with zero attached hydrogens (tertiary/aromatic N) is 2. The number of fused-ring (bicyclic) bond motifs is 1. The van der Waals surface area contributed by atoms with Crippen LogP contribution in [0.25, 0.3) is 10.9 Å². The molecule has 1 aromatic heterocycles. The van der Waals surface area contributed by atoms with E-state index in [2.05, 4.69) is 4.72 Å². The first-order chi connectivity index (χ1) is 11.5. The second kappa shape index (κ2) is 6.42. The van der Waals surface area contributed by atoms with Gasteiger partial charge in [0, 0.05) is 36.9 Å². The number of sulfonamides is 1. The Morgan fingerprint density at radius 1 is 1.08 bits per heavy atom. The predicted molar refractivity (Wildman–Crippen MR) is 90.2 cm³/mol. The molecule has 0 fully saturated rings. The number of rotatable bonds is 6. The summed E-state index contributed by atoms with van der Waals surface area (Å²) < 4.78 is 28.9. The molecule has 0 aliphatic heterocycles. The summed E-state index contributed by atoms with van der Waals surface area (Å²) in [5.41, 5.74) is 0.765. The molecule has 3 rings (SSSR count). The summed E-state index contributed by atoms with van der Waals surface area (Å²) in [4.78, 5) is 10.0. The molecule has 0 amide bonds. The van der Waals surface area contributed by atoms with Crippen LogP contribution in [-0.2, 0) is 16.6 Å². The van der Waals surface area contributed by atoms with Crippen LogP contribution in [0, 0.1) is 10.1 Å². The molecule has 0 unspecified atom stereocenters. The largest absolute Gasteiger partial charge is 0.346 e. The van der Waals surface area contributed by atoms with Gasteiger partial charge in [-0.05, 0) is 23.6 Å². The molecule has 8 heteroatoms. The lowest BCUT2D eigenvalue weighted by atomic mass is 10.2. The maximum atomic E-state index is 12.3. The molecule has 2 aromatic carbocycles. The third kappa shape index (κ3) is 3.29. The van der Waals surface area contributed by atoms with E-state index in [1.54, 1.807) is 0 Å². The van der Waals surface area contributed by atoms with E-state index in [1.165, 1.54) is 18.2 Å². The van der Waals surface area contributed by atoms with Crippen molar-refractivity contribution in [2.24, 2.45) is 0 Å². The number of nitro groups is 1. The highest BCUT2D eigenvalue weighted by molar-refractivity contribution is 7.89. The molecule has 0 aliphatic carbocycles. The third-order valence-electron chi connectivity index (χ3n) is 3.66. The molecular weight excluding hydrogens is 330 g/mol. The Kier molecular flexibility index (Phi) is 4.32. The fourth-order valence-electron chi connectivity index (χ4n) is 2.48. The van der Waals surface area contributed by atoms with E-state index in [9.17, 15) is 18.5 Å². The predicted octanol–water partition coefficient (Wildman–Crippen LogP) is 2.53. The first kappa shape index (κ1) is 16.2. The number of hydrogen-bond acceptors (Lipinski definition) is 4. The van der Waals surface area contributed by atoms with E-state index in [-0.39, 0.29) is 17.1 Å². The fraction of sp³-hybridized carbons (Fsp3) is 0.125. The van der Waals surface area contributed by atoms with E-state index in [4.69, 9.17) is 0 Å². The number of non-ortho nitro benzene ring substituents is 1. The molecule has 0 aliphatic rings. The van der Waals surface area contributed by atoms with E-state index < -0.39 is 14.9 Å².